The van der Waals surface area contributed by atoms with E-state index in [2.05, 4.69) is 72.5 Å². The van der Waals surface area contributed by atoms with E-state index in [0.717, 1.165) is 11.4 Å². The van der Waals surface area contributed by atoms with Crippen molar-refractivity contribution in [3.63, 3.8) is 0 Å². The highest BCUT2D eigenvalue weighted by Crippen LogP contribution is 2.36. The Labute approximate surface area is 129 Å². The van der Waals surface area contributed by atoms with E-state index < -0.39 is 0 Å². The minimum Gasteiger partial charge on any atom is -0.385 e. The summed E-state index contributed by atoms with van der Waals surface area (Å²) in [5, 5.41) is 1.24. The molecule has 1 aromatic carbocycles. The highest BCUT2D eigenvalue weighted by atomic mass is 15.1. The Morgan fingerprint density at radius 2 is 1.59 bits per heavy atom. The van der Waals surface area contributed by atoms with Gasteiger partial charge in [0.25, 0.3) is 0 Å². The number of pyridine rings is 1. The van der Waals surface area contributed by atoms with Crippen molar-refractivity contribution < 1.29 is 0 Å². The molecule has 4 rings (SSSR count). The third-order valence-corrected chi connectivity index (χ3v) is 4.57. The van der Waals surface area contributed by atoms with Crippen LogP contribution in [0.1, 0.15) is 16.7 Å². The molecule has 22 heavy (non-hydrogen) atoms. The maximum Gasteiger partial charge on any atom is 0.112 e. The number of fused-ring (bicyclic) bond motifs is 3. The Bertz CT molecular complexity index is 998. The van der Waals surface area contributed by atoms with Gasteiger partial charge in [-0.15, -0.1) is 0 Å². The van der Waals surface area contributed by atoms with Gasteiger partial charge in [0.05, 0.1) is 16.7 Å². The number of benzene rings is 1. The number of nitrogens with zero attached hydrogens (tertiary/aromatic N) is 2. The number of anilines is 1. The maximum absolute atomic E-state index is 6.47. The fourth-order valence-electron chi connectivity index (χ4n) is 3.49. The van der Waals surface area contributed by atoms with Gasteiger partial charge in [-0.1, -0.05) is 24.3 Å². The smallest absolute Gasteiger partial charge is 0.112 e. The van der Waals surface area contributed by atoms with Gasteiger partial charge in [-0.05, 0) is 44.0 Å². The van der Waals surface area contributed by atoms with E-state index in [9.17, 15) is 0 Å². The summed E-state index contributed by atoms with van der Waals surface area (Å²) in [6.45, 7) is 6.38. The van der Waals surface area contributed by atoms with E-state index in [1.54, 1.807) is 0 Å². The highest BCUT2D eigenvalue weighted by molar-refractivity contribution is 6.03. The van der Waals surface area contributed by atoms with E-state index >= 15 is 0 Å². The van der Waals surface area contributed by atoms with Crippen LogP contribution in [0.5, 0.6) is 0 Å². The molecule has 0 aliphatic rings. The SMILES string of the molecule is Cc1cccc(C)c1-n1c(N)c(C)c2c1cn1ccccc21. The van der Waals surface area contributed by atoms with Crippen LogP contribution in [0.4, 0.5) is 5.82 Å². The largest absolute Gasteiger partial charge is 0.385 e. The number of aromatic nitrogens is 2. The Kier molecular flexibility index (Phi) is 2.61. The van der Waals surface area contributed by atoms with Crippen molar-refractivity contribution in [1.82, 2.24) is 8.97 Å². The molecule has 0 fully saturated rings. The molecular weight excluding hydrogens is 270 g/mol. The number of nitrogen functional groups attached to an aromatic ring is 1. The molecular formula is C19H19N3. The van der Waals surface area contributed by atoms with Crippen molar-refractivity contribution in [2.75, 3.05) is 5.73 Å². The lowest BCUT2D eigenvalue weighted by molar-refractivity contribution is 1.07. The van der Waals surface area contributed by atoms with E-state index in [-0.39, 0.29) is 0 Å². The van der Waals surface area contributed by atoms with Gasteiger partial charge < -0.3 is 10.1 Å². The standard InChI is InChI=1S/C19H19N3/c1-12-7-6-8-13(2)18(12)22-16-11-21-10-5-4-9-15(21)17(16)14(3)19(22)20/h4-11H,20H2,1-3H3. The molecule has 0 radical (unpaired) electrons. The zero-order chi connectivity index (χ0) is 15.4. The number of hydrogen-bond donors (Lipinski definition) is 1. The van der Waals surface area contributed by atoms with Gasteiger partial charge in [0.1, 0.15) is 5.82 Å². The third-order valence-electron chi connectivity index (χ3n) is 4.57. The predicted molar refractivity (Wildman–Crippen MR) is 92.9 cm³/mol. The van der Waals surface area contributed by atoms with E-state index in [1.807, 2.05) is 6.07 Å². The summed E-state index contributed by atoms with van der Waals surface area (Å²) < 4.78 is 4.36. The van der Waals surface area contributed by atoms with Gasteiger partial charge in [-0.3, -0.25) is 4.57 Å². The van der Waals surface area contributed by atoms with E-state index in [4.69, 9.17) is 5.73 Å². The van der Waals surface area contributed by atoms with E-state index in [1.165, 1.54) is 33.2 Å². The number of nitrogens with two attached hydrogens (primary N) is 1. The minimum atomic E-state index is 0.828. The lowest BCUT2D eigenvalue weighted by Crippen LogP contribution is -2.04. The molecule has 2 N–H and O–H groups in total. The highest BCUT2D eigenvalue weighted by Gasteiger charge is 2.19. The molecule has 110 valence electrons. The van der Waals surface area contributed by atoms with Crippen molar-refractivity contribution in [3.05, 3.63) is 65.5 Å². The Morgan fingerprint density at radius 1 is 0.864 bits per heavy atom. The molecule has 0 unspecified atom stereocenters. The van der Waals surface area contributed by atoms with Crippen molar-refractivity contribution >= 4 is 22.2 Å². The first-order valence-corrected chi connectivity index (χ1v) is 7.52. The van der Waals surface area contributed by atoms with Crippen LogP contribution in [0, 0.1) is 20.8 Å². The lowest BCUT2D eigenvalue weighted by Gasteiger charge is -2.14. The molecule has 0 amide bonds. The van der Waals surface area contributed by atoms with E-state index in [0.29, 0.717) is 0 Å². The monoisotopic (exact) mass is 289 g/mol. The van der Waals surface area contributed by atoms with Crippen LogP contribution in [0.15, 0.2) is 48.8 Å². The molecule has 0 aliphatic heterocycles. The van der Waals surface area contributed by atoms with Crippen molar-refractivity contribution in [3.8, 4) is 5.69 Å². The molecule has 0 spiro atoms. The number of aryl methyl sites for hydroxylation is 3. The van der Waals surface area contributed by atoms with Crippen LogP contribution in [-0.2, 0) is 0 Å². The van der Waals surface area contributed by atoms with Crippen LogP contribution in [0.25, 0.3) is 22.1 Å². The summed E-state index contributed by atoms with van der Waals surface area (Å²) >= 11 is 0. The first-order chi connectivity index (χ1) is 10.6. The summed E-state index contributed by atoms with van der Waals surface area (Å²) in [7, 11) is 0. The first kappa shape index (κ1) is 13.0. The summed E-state index contributed by atoms with van der Waals surface area (Å²) in [5.74, 6) is 0.828. The zero-order valence-electron chi connectivity index (χ0n) is 13.1. The molecule has 3 nitrogen and oxygen atoms in total. The summed E-state index contributed by atoms with van der Waals surface area (Å²) in [6, 6.07) is 12.6. The molecule has 0 atom stereocenters. The molecule has 0 aliphatic carbocycles. The number of rotatable bonds is 1. The molecule has 0 bridgehead atoms. The lowest BCUT2D eigenvalue weighted by atomic mass is 10.1. The van der Waals surface area contributed by atoms with Gasteiger partial charge >= 0.3 is 0 Å². The van der Waals surface area contributed by atoms with Gasteiger partial charge in [-0.25, -0.2) is 0 Å². The van der Waals surface area contributed by atoms with Crippen LogP contribution < -0.4 is 5.73 Å². The Morgan fingerprint density at radius 3 is 2.32 bits per heavy atom. The van der Waals surface area contributed by atoms with Gasteiger partial charge in [0, 0.05) is 23.3 Å². The second-order valence-electron chi connectivity index (χ2n) is 5.97. The summed E-state index contributed by atoms with van der Waals surface area (Å²) in [6.07, 6.45) is 4.25. The van der Waals surface area contributed by atoms with Crippen molar-refractivity contribution in [2.45, 2.75) is 20.8 Å². The molecule has 0 saturated heterocycles. The van der Waals surface area contributed by atoms with Crippen molar-refractivity contribution in [1.29, 1.82) is 0 Å². The third kappa shape index (κ3) is 1.56. The quantitative estimate of drug-likeness (QED) is 0.554. The zero-order valence-corrected chi connectivity index (χ0v) is 13.1. The fourth-order valence-corrected chi connectivity index (χ4v) is 3.49. The van der Waals surface area contributed by atoms with Gasteiger partial charge in [-0.2, -0.15) is 0 Å². The second-order valence-corrected chi connectivity index (χ2v) is 5.97. The molecule has 4 aromatic rings. The predicted octanol–water partition coefficient (Wildman–Crippen LogP) is 4.39. The molecule has 0 saturated carbocycles. The molecule has 3 aromatic heterocycles. The number of hydrogen-bond acceptors (Lipinski definition) is 1. The van der Waals surface area contributed by atoms with Gasteiger partial charge in [0.2, 0.25) is 0 Å². The maximum atomic E-state index is 6.47. The minimum absolute atomic E-state index is 0.828. The summed E-state index contributed by atoms with van der Waals surface area (Å²) in [5.41, 5.74) is 13.6. The van der Waals surface area contributed by atoms with Crippen LogP contribution >= 0.6 is 0 Å². The molecule has 3 heteroatoms. The van der Waals surface area contributed by atoms with Crippen LogP contribution in [0.3, 0.4) is 0 Å². The van der Waals surface area contributed by atoms with Crippen molar-refractivity contribution in [2.24, 2.45) is 0 Å². The Balaban J connectivity index is 2.21. The normalized spacial score (nSPS) is 11.6. The van der Waals surface area contributed by atoms with Crippen LogP contribution in [-0.4, -0.2) is 8.97 Å². The average Bonchev–Trinajstić information content (AvgIpc) is 2.98. The topological polar surface area (TPSA) is 35.4 Å². The van der Waals surface area contributed by atoms with Gasteiger partial charge in [0.15, 0.2) is 0 Å². The number of para-hydroxylation sites is 1. The second kappa shape index (κ2) is 4.41. The molecule has 3 heterocycles. The average molecular weight is 289 g/mol. The Hall–Kier alpha value is -2.68. The fraction of sp³-hybridized carbons (Fsp3) is 0.158. The summed E-state index contributed by atoms with van der Waals surface area (Å²) in [4.78, 5) is 0. The van der Waals surface area contributed by atoms with Crippen LogP contribution in [0.2, 0.25) is 0 Å². The first-order valence-electron chi connectivity index (χ1n) is 7.52.